The fourth-order valence-corrected chi connectivity index (χ4v) is 3.94. The minimum absolute atomic E-state index is 0.171. The van der Waals surface area contributed by atoms with E-state index in [2.05, 4.69) is 29.0 Å². The molecule has 1 fully saturated rings. The first-order valence-electron chi connectivity index (χ1n) is 11.0. The molecule has 0 radical (unpaired) electrons. The Morgan fingerprint density at radius 3 is 2.30 bits per heavy atom. The van der Waals surface area contributed by atoms with Crippen LogP contribution in [0.2, 0.25) is 0 Å². The molecular weight excluding hydrogens is 379 g/mol. The predicted octanol–water partition coefficient (Wildman–Crippen LogP) is 4.51. The SMILES string of the molecule is CC(C)Oc1ccc(N(C)CCC2(O)CCN(CCc3ccc(F)cc3)CC2)cc1. The normalized spacial score (nSPS) is 16.6. The second-order valence-corrected chi connectivity index (χ2v) is 8.77. The van der Waals surface area contributed by atoms with Gasteiger partial charge in [0.05, 0.1) is 11.7 Å². The van der Waals surface area contributed by atoms with Crippen LogP contribution < -0.4 is 9.64 Å². The number of hydrogen-bond donors (Lipinski definition) is 1. The van der Waals surface area contributed by atoms with Gasteiger partial charge in [-0.05, 0) is 81.5 Å². The van der Waals surface area contributed by atoms with Crippen LogP contribution in [0.5, 0.6) is 5.75 Å². The van der Waals surface area contributed by atoms with Gasteiger partial charge < -0.3 is 19.6 Å². The van der Waals surface area contributed by atoms with Crippen LogP contribution in [-0.4, -0.2) is 54.9 Å². The highest BCUT2D eigenvalue weighted by molar-refractivity contribution is 5.48. The van der Waals surface area contributed by atoms with E-state index in [4.69, 9.17) is 4.74 Å². The minimum atomic E-state index is -0.596. The molecule has 1 aliphatic heterocycles. The summed E-state index contributed by atoms with van der Waals surface area (Å²) in [5.74, 6) is 0.695. The maximum absolute atomic E-state index is 13.0. The van der Waals surface area contributed by atoms with Gasteiger partial charge in [0.2, 0.25) is 0 Å². The Morgan fingerprint density at radius 2 is 1.70 bits per heavy atom. The number of ether oxygens (including phenoxy) is 1. The smallest absolute Gasteiger partial charge is 0.123 e. The molecule has 0 aliphatic carbocycles. The summed E-state index contributed by atoms with van der Waals surface area (Å²) in [7, 11) is 2.07. The van der Waals surface area contributed by atoms with Gasteiger partial charge in [-0.25, -0.2) is 4.39 Å². The van der Waals surface area contributed by atoms with Gasteiger partial charge >= 0.3 is 0 Å². The number of piperidine rings is 1. The van der Waals surface area contributed by atoms with Crippen molar-refractivity contribution in [3.63, 3.8) is 0 Å². The summed E-state index contributed by atoms with van der Waals surface area (Å²) >= 11 is 0. The predicted molar refractivity (Wildman–Crippen MR) is 121 cm³/mol. The molecule has 1 saturated heterocycles. The number of halogens is 1. The van der Waals surface area contributed by atoms with E-state index in [1.165, 1.54) is 12.1 Å². The highest BCUT2D eigenvalue weighted by atomic mass is 19.1. The van der Waals surface area contributed by atoms with Crippen molar-refractivity contribution in [2.75, 3.05) is 38.1 Å². The number of nitrogens with zero attached hydrogens (tertiary/aromatic N) is 2. The number of benzene rings is 2. The summed E-state index contributed by atoms with van der Waals surface area (Å²) in [4.78, 5) is 4.59. The lowest BCUT2D eigenvalue weighted by Gasteiger charge is -2.39. The summed E-state index contributed by atoms with van der Waals surface area (Å²) in [6.07, 6.45) is 3.44. The molecule has 30 heavy (non-hydrogen) atoms. The van der Waals surface area contributed by atoms with Crippen molar-refractivity contribution in [1.29, 1.82) is 0 Å². The van der Waals surface area contributed by atoms with Gasteiger partial charge in [-0.3, -0.25) is 0 Å². The number of hydrogen-bond acceptors (Lipinski definition) is 4. The zero-order valence-electron chi connectivity index (χ0n) is 18.5. The third kappa shape index (κ3) is 6.71. The van der Waals surface area contributed by atoms with Crippen molar-refractivity contribution >= 4 is 5.69 Å². The van der Waals surface area contributed by atoms with Crippen LogP contribution in [-0.2, 0) is 6.42 Å². The van der Waals surface area contributed by atoms with Crippen LogP contribution in [0.25, 0.3) is 0 Å². The Labute approximate surface area is 180 Å². The van der Waals surface area contributed by atoms with E-state index >= 15 is 0 Å². The zero-order chi connectivity index (χ0) is 21.6. The number of aliphatic hydroxyl groups is 1. The van der Waals surface area contributed by atoms with Gasteiger partial charge in [-0.2, -0.15) is 0 Å². The van der Waals surface area contributed by atoms with E-state index in [9.17, 15) is 9.50 Å². The maximum Gasteiger partial charge on any atom is 0.123 e. The van der Waals surface area contributed by atoms with E-state index in [0.717, 1.165) is 68.9 Å². The molecule has 0 atom stereocenters. The van der Waals surface area contributed by atoms with E-state index in [0.29, 0.717) is 0 Å². The van der Waals surface area contributed by atoms with Gasteiger partial charge in [0.1, 0.15) is 11.6 Å². The van der Waals surface area contributed by atoms with Gasteiger partial charge in [-0.15, -0.1) is 0 Å². The monoisotopic (exact) mass is 414 g/mol. The lowest BCUT2D eigenvalue weighted by atomic mass is 9.88. The molecule has 1 heterocycles. The molecule has 0 unspecified atom stereocenters. The average molecular weight is 415 g/mol. The fourth-order valence-electron chi connectivity index (χ4n) is 3.94. The van der Waals surface area contributed by atoms with Crippen LogP contribution in [0.15, 0.2) is 48.5 Å². The molecule has 1 aliphatic rings. The van der Waals surface area contributed by atoms with Gasteiger partial charge in [0.25, 0.3) is 0 Å². The Kier molecular flexibility index (Phi) is 7.73. The molecular formula is C25H35FN2O2. The van der Waals surface area contributed by atoms with E-state index in [1.807, 2.05) is 38.1 Å². The minimum Gasteiger partial charge on any atom is -0.491 e. The Morgan fingerprint density at radius 1 is 1.07 bits per heavy atom. The average Bonchev–Trinajstić information content (AvgIpc) is 2.73. The number of likely N-dealkylation sites (tertiary alicyclic amines) is 1. The number of rotatable bonds is 9. The number of anilines is 1. The molecule has 3 rings (SSSR count). The standard InChI is InChI=1S/C25H35FN2O2/c1-20(2)30-24-10-8-23(9-11-24)27(3)17-13-25(29)14-18-28(19-15-25)16-12-21-4-6-22(26)7-5-21/h4-11,20,29H,12-19H2,1-3H3. The van der Waals surface area contributed by atoms with Crippen molar-refractivity contribution in [2.24, 2.45) is 0 Å². The Bertz CT molecular complexity index is 769. The topological polar surface area (TPSA) is 35.9 Å². The van der Waals surface area contributed by atoms with E-state index in [1.54, 1.807) is 0 Å². The first-order chi connectivity index (χ1) is 14.3. The highest BCUT2D eigenvalue weighted by Crippen LogP contribution is 2.27. The van der Waals surface area contributed by atoms with Crippen LogP contribution in [0.1, 0.15) is 38.7 Å². The molecule has 1 N–H and O–H groups in total. The van der Waals surface area contributed by atoms with Gasteiger partial charge in [0.15, 0.2) is 0 Å². The third-order valence-corrected chi connectivity index (χ3v) is 5.98. The van der Waals surface area contributed by atoms with Crippen LogP contribution in [0.4, 0.5) is 10.1 Å². The molecule has 164 valence electrons. The Balaban J connectivity index is 1.41. The first kappa shape index (κ1) is 22.6. The molecule has 4 nitrogen and oxygen atoms in total. The van der Waals surface area contributed by atoms with E-state index < -0.39 is 5.60 Å². The molecule has 2 aromatic rings. The molecule has 0 saturated carbocycles. The largest absolute Gasteiger partial charge is 0.491 e. The zero-order valence-corrected chi connectivity index (χ0v) is 18.5. The lowest BCUT2D eigenvalue weighted by molar-refractivity contribution is -0.0254. The first-order valence-corrected chi connectivity index (χ1v) is 11.0. The second kappa shape index (κ2) is 10.3. The summed E-state index contributed by atoms with van der Waals surface area (Å²) < 4.78 is 18.7. The van der Waals surface area contributed by atoms with Crippen LogP contribution in [0, 0.1) is 5.82 Å². The summed E-state index contributed by atoms with van der Waals surface area (Å²) in [6, 6.07) is 14.9. The molecule has 5 heteroatoms. The fraction of sp³-hybridized carbons (Fsp3) is 0.520. The van der Waals surface area contributed by atoms with Crippen molar-refractivity contribution < 1.29 is 14.2 Å². The van der Waals surface area contributed by atoms with Gasteiger partial charge in [0, 0.05) is 38.9 Å². The summed E-state index contributed by atoms with van der Waals surface area (Å²) in [5.41, 5.74) is 1.69. The molecule has 0 aromatic heterocycles. The quantitative estimate of drug-likeness (QED) is 0.655. The Hall–Kier alpha value is -2.11. The van der Waals surface area contributed by atoms with E-state index in [-0.39, 0.29) is 11.9 Å². The second-order valence-electron chi connectivity index (χ2n) is 8.77. The van der Waals surface area contributed by atoms with Crippen LogP contribution in [0.3, 0.4) is 0 Å². The maximum atomic E-state index is 13.0. The van der Waals surface area contributed by atoms with Crippen molar-refractivity contribution in [3.8, 4) is 5.75 Å². The highest BCUT2D eigenvalue weighted by Gasteiger charge is 2.32. The van der Waals surface area contributed by atoms with Crippen molar-refractivity contribution in [1.82, 2.24) is 4.90 Å². The lowest BCUT2D eigenvalue weighted by Crippen LogP contribution is -2.46. The van der Waals surface area contributed by atoms with Crippen molar-refractivity contribution in [2.45, 2.75) is 51.2 Å². The third-order valence-electron chi connectivity index (χ3n) is 5.98. The molecule has 0 bridgehead atoms. The van der Waals surface area contributed by atoms with Gasteiger partial charge in [-0.1, -0.05) is 12.1 Å². The molecule has 0 amide bonds. The van der Waals surface area contributed by atoms with Crippen LogP contribution >= 0.6 is 0 Å². The molecule has 2 aromatic carbocycles. The van der Waals surface area contributed by atoms with Crippen molar-refractivity contribution in [3.05, 3.63) is 59.9 Å². The molecule has 0 spiro atoms. The summed E-state index contributed by atoms with van der Waals surface area (Å²) in [6.45, 7) is 7.62. The summed E-state index contributed by atoms with van der Waals surface area (Å²) in [5, 5.41) is 11.0.